The first-order valence-corrected chi connectivity index (χ1v) is 7.28. The second kappa shape index (κ2) is 4.50. The summed E-state index contributed by atoms with van der Waals surface area (Å²) in [6.45, 7) is 0. The van der Waals surface area contributed by atoms with Gasteiger partial charge in [0.2, 0.25) is 0 Å². The van der Waals surface area contributed by atoms with Gasteiger partial charge in [-0.15, -0.1) is 0 Å². The van der Waals surface area contributed by atoms with E-state index in [2.05, 4.69) is 64.5 Å². The first kappa shape index (κ1) is 11.7. The lowest BCUT2D eigenvalue weighted by atomic mass is 10.1. The largest absolute Gasteiger partial charge is 0.456 e. The minimum atomic E-state index is 0.883. The Morgan fingerprint density at radius 2 is 1.65 bits per heavy atom. The number of fused-ring (bicyclic) bond motifs is 3. The fraction of sp³-hybridized carbons (Fsp3) is 0. The first-order chi connectivity index (χ1) is 9.81. The molecule has 0 aromatic heterocycles. The van der Waals surface area contributed by atoms with Crippen molar-refractivity contribution in [2.75, 3.05) is 0 Å². The van der Waals surface area contributed by atoms with E-state index in [1.165, 1.54) is 16.3 Å². The Labute approximate surface area is 125 Å². The van der Waals surface area contributed by atoms with Crippen molar-refractivity contribution in [1.29, 1.82) is 0 Å². The summed E-state index contributed by atoms with van der Waals surface area (Å²) in [7, 11) is 0. The lowest BCUT2D eigenvalue weighted by Crippen LogP contribution is -1.80. The predicted molar refractivity (Wildman–Crippen MR) is 86.0 cm³/mol. The van der Waals surface area contributed by atoms with Gasteiger partial charge in [-0.1, -0.05) is 52.3 Å². The highest BCUT2D eigenvalue weighted by Crippen LogP contribution is 2.37. The van der Waals surface area contributed by atoms with Crippen molar-refractivity contribution in [2.45, 2.75) is 0 Å². The molecule has 0 atom stereocenters. The van der Waals surface area contributed by atoms with E-state index >= 15 is 0 Å². The van der Waals surface area contributed by atoms with Gasteiger partial charge in [0, 0.05) is 15.6 Å². The standard InChI is InChI=1S/C18H11BrO/c19-14-6-3-5-13(10-14)17-9-8-16-15-7-2-1-4-12(15)11-18(16)20-17/h1-11H. The molecule has 0 bridgehead atoms. The zero-order chi connectivity index (χ0) is 13.5. The van der Waals surface area contributed by atoms with Crippen LogP contribution in [-0.2, 0) is 0 Å². The molecule has 0 unspecified atom stereocenters. The fourth-order valence-corrected chi connectivity index (χ4v) is 2.98. The maximum Gasteiger partial charge on any atom is 0.135 e. The van der Waals surface area contributed by atoms with E-state index in [-0.39, 0.29) is 0 Å². The smallest absolute Gasteiger partial charge is 0.135 e. The fourth-order valence-electron chi connectivity index (χ4n) is 2.58. The van der Waals surface area contributed by atoms with Crippen LogP contribution in [0.5, 0.6) is 0 Å². The zero-order valence-corrected chi connectivity index (χ0v) is 12.2. The Bertz CT molecular complexity index is 876. The van der Waals surface area contributed by atoms with E-state index in [9.17, 15) is 0 Å². The average molecular weight is 323 g/mol. The van der Waals surface area contributed by atoms with Crippen molar-refractivity contribution in [1.82, 2.24) is 0 Å². The summed E-state index contributed by atoms with van der Waals surface area (Å²) in [5.41, 5.74) is 2.24. The molecule has 4 rings (SSSR count). The summed E-state index contributed by atoms with van der Waals surface area (Å²) in [6.07, 6.45) is 0. The Kier molecular flexibility index (Phi) is 2.64. The van der Waals surface area contributed by atoms with E-state index < -0.39 is 0 Å². The van der Waals surface area contributed by atoms with Gasteiger partial charge in [-0.05, 0) is 41.1 Å². The third kappa shape index (κ3) is 1.84. The van der Waals surface area contributed by atoms with Crippen LogP contribution < -0.4 is 0 Å². The molecule has 1 aliphatic heterocycles. The van der Waals surface area contributed by atoms with E-state index in [1.807, 2.05) is 18.2 Å². The molecular weight excluding hydrogens is 312 g/mol. The molecule has 1 aliphatic carbocycles. The van der Waals surface area contributed by atoms with Crippen molar-refractivity contribution in [3.05, 3.63) is 71.2 Å². The van der Waals surface area contributed by atoms with Gasteiger partial charge in [0.25, 0.3) is 0 Å². The normalized spacial score (nSPS) is 11.2. The summed E-state index contributed by atoms with van der Waals surface area (Å²) < 4.78 is 7.12. The van der Waals surface area contributed by atoms with Crippen LogP contribution in [0.4, 0.5) is 0 Å². The minimum absolute atomic E-state index is 0.883. The SMILES string of the molecule is Brc1cccc(-c2ccc3c4ccccc4cc-3o2)c1. The topological polar surface area (TPSA) is 13.1 Å². The van der Waals surface area contributed by atoms with Crippen molar-refractivity contribution in [3.63, 3.8) is 0 Å². The van der Waals surface area contributed by atoms with Gasteiger partial charge in [-0.2, -0.15) is 0 Å². The summed E-state index contributed by atoms with van der Waals surface area (Å²) in [5.74, 6) is 1.82. The molecule has 96 valence electrons. The van der Waals surface area contributed by atoms with Gasteiger partial charge in [0.05, 0.1) is 0 Å². The number of rotatable bonds is 1. The van der Waals surface area contributed by atoms with Gasteiger partial charge in [-0.3, -0.25) is 0 Å². The predicted octanol–water partition coefficient (Wildman–Crippen LogP) is 5.97. The Morgan fingerprint density at radius 3 is 2.55 bits per heavy atom. The van der Waals surface area contributed by atoms with E-state index in [0.717, 1.165) is 21.6 Å². The van der Waals surface area contributed by atoms with Crippen molar-refractivity contribution in [3.8, 4) is 22.6 Å². The van der Waals surface area contributed by atoms with Gasteiger partial charge in [0.15, 0.2) is 0 Å². The Hall–Kier alpha value is -2.06. The summed E-state index contributed by atoms with van der Waals surface area (Å²) in [6, 6.07) is 22.8. The highest BCUT2D eigenvalue weighted by atomic mass is 79.9. The maximum absolute atomic E-state index is 6.07. The summed E-state index contributed by atoms with van der Waals surface area (Å²) in [4.78, 5) is 0. The average Bonchev–Trinajstić information content (AvgIpc) is 2.85. The highest BCUT2D eigenvalue weighted by Gasteiger charge is 2.13. The molecule has 2 heteroatoms. The minimum Gasteiger partial charge on any atom is -0.456 e. The molecule has 0 spiro atoms. The second-order valence-corrected chi connectivity index (χ2v) is 5.74. The summed E-state index contributed by atoms with van der Waals surface area (Å²) in [5, 5.41) is 2.46. The highest BCUT2D eigenvalue weighted by molar-refractivity contribution is 9.10. The summed E-state index contributed by atoms with van der Waals surface area (Å²) >= 11 is 3.50. The van der Waals surface area contributed by atoms with E-state index in [1.54, 1.807) is 0 Å². The van der Waals surface area contributed by atoms with Crippen LogP contribution in [0, 0.1) is 0 Å². The first-order valence-electron chi connectivity index (χ1n) is 6.48. The van der Waals surface area contributed by atoms with Crippen molar-refractivity contribution < 1.29 is 4.42 Å². The molecule has 2 aromatic rings. The number of hydrogen-bond acceptors (Lipinski definition) is 1. The number of benzene rings is 2. The third-order valence-electron chi connectivity index (χ3n) is 3.53. The van der Waals surface area contributed by atoms with E-state index in [0.29, 0.717) is 0 Å². The zero-order valence-electron chi connectivity index (χ0n) is 10.6. The van der Waals surface area contributed by atoms with Crippen LogP contribution >= 0.6 is 15.9 Å². The molecule has 0 fully saturated rings. The molecule has 2 aromatic carbocycles. The van der Waals surface area contributed by atoms with Crippen LogP contribution in [-0.4, -0.2) is 0 Å². The Morgan fingerprint density at radius 1 is 0.750 bits per heavy atom. The van der Waals surface area contributed by atoms with Crippen LogP contribution in [0.2, 0.25) is 0 Å². The number of halogens is 1. The van der Waals surface area contributed by atoms with Crippen LogP contribution in [0.25, 0.3) is 33.4 Å². The lowest BCUT2D eigenvalue weighted by Gasteiger charge is -2.05. The molecule has 2 aliphatic rings. The van der Waals surface area contributed by atoms with Crippen molar-refractivity contribution >= 4 is 26.7 Å². The van der Waals surface area contributed by atoms with Gasteiger partial charge in [0.1, 0.15) is 11.5 Å². The van der Waals surface area contributed by atoms with Crippen molar-refractivity contribution in [2.24, 2.45) is 0 Å². The molecule has 20 heavy (non-hydrogen) atoms. The van der Waals surface area contributed by atoms with Gasteiger partial charge >= 0.3 is 0 Å². The Balaban J connectivity index is 1.95. The molecule has 0 saturated carbocycles. The number of hydrogen-bond donors (Lipinski definition) is 0. The molecule has 1 nitrogen and oxygen atoms in total. The van der Waals surface area contributed by atoms with Crippen LogP contribution in [0.1, 0.15) is 0 Å². The molecule has 0 radical (unpaired) electrons. The third-order valence-corrected chi connectivity index (χ3v) is 4.03. The van der Waals surface area contributed by atoms with Crippen LogP contribution in [0.3, 0.4) is 0 Å². The molecule has 0 N–H and O–H groups in total. The van der Waals surface area contributed by atoms with E-state index in [4.69, 9.17) is 4.42 Å². The second-order valence-electron chi connectivity index (χ2n) is 4.82. The monoisotopic (exact) mass is 322 g/mol. The van der Waals surface area contributed by atoms with Gasteiger partial charge in [-0.25, -0.2) is 0 Å². The molecular formula is C18H11BrO. The van der Waals surface area contributed by atoms with Gasteiger partial charge < -0.3 is 4.42 Å². The lowest BCUT2D eigenvalue weighted by molar-refractivity contribution is 0.583. The quantitative estimate of drug-likeness (QED) is 0.421. The van der Waals surface area contributed by atoms with Crippen LogP contribution in [0.15, 0.2) is 75.6 Å². The molecule has 0 amide bonds. The molecule has 0 saturated heterocycles. The molecule has 1 heterocycles. The maximum atomic E-state index is 6.07.